The first-order valence-electron chi connectivity index (χ1n) is 8.61. The standard InChI is InChI=1S/C20H20N2O5/c1-3-27-15-8-6-14(7-9-15)21-16-11-18(23)22(19(16)24)17-10-13(20(25)26)5-4-12(17)2/h4-10,16,21H,3,11H2,1-2H3,(H,25,26)/t16-/m1/s1. The van der Waals surface area contributed by atoms with Crippen molar-refractivity contribution in [3.63, 3.8) is 0 Å². The van der Waals surface area contributed by atoms with E-state index in [1.54, 1.807) is 37.3 Å². The van der Waals surface area contributed by atoms with Crippen LogP contribution in [0.3, 0.4) is 0 Å². The maximum absolute atomic E-state index is 12.8. The van der Waals surface area contributed by atoms with E-state index in [0.717, 1.165) is 10.6 Å². The molecule has 0 unspecified atom stereocenters. The Labute approximate surface area is 156 Å². The topological polar surface area (TPSA) is 95.9 Å². The molecular weight excluding hydrogens is 348 g/mol. The molecule has 0 aliphatic carbocycles. The Morgan fingerprint density at radius 2 is 1.93 bits per heavy atom. The molecule has 7 nitrogen and oxygen atoms in total. The van der Waals surface area contributed by atoms with Crippen LogP contribution in [0.5, 0.6) is 5.75 Å². The van der Waals surface area contributed by atoms with Gasteiger partial charge in [-0.05, 0) is 55.8 Å². The predicted molar refractivity (Wildman–Crippen MR) is 100 cm³/mol. The SMILES string of the molecule is CCOc1ccc(N[C@@H]2CC(=O)N(c3cc(C(=O)O)ccc3C)C2=O)cc1. The monoisotopic (exact) mass is 368 g/mol. The van der Waals surface area contributed by atoms with Gasteiger partial charge in [-0.1, -0.05) is 6.07 Å². The Morgan fingerprint density at radius 1 is 1.22 bits per heavy atom. The van der Waals surface area contributed by atoms with Crippen molar-refractivity contribution in [1.29, 1.82) is 0 Å². The quantitative estimate of drug-likeness (QED) is 0.761. The van der Waals surface area contributed by atoms with E-state index in [4.69, 9.17) is 4.74 Å². The van der Waals surface area contributed by atoms with Crippen molar-refractivity contribution in [2.75, 3.05) is 16.8 Å². The second kappa shape index (κ2) is 7.49. The summed E-state index contributed by atoms with van der Waals surface area (Å²) in [5, 5.41) is 12.2. The predicted octanol–water partition coefficient (Wildman–Crippen LogP) is 2.84. The lowest BCUT2D eigenvalue weighted by Gasteiger charge is -2.18. The molecule has 0 bridgehead atoms. The molecule has 3 rings (SSSR count). The molecule has 0 radical (unpaired) electrons. The summed E-state index contributed by atoms with van der Waals surface area (Å²) in [6, 6.07) is 10.8. The largest absolute Gasteiger partial charge is 0.494 e. The third-order valence-corrected chi connectivity index (χ3v) is 4.35. The van der Waals surface area contributed by atoms with Crippen molar-refractivity contribution >= 4 is 29.2 Å². The first-order valence-corrected chi connectivity index (χ1v) is 8.61. The second-order valence-electron chi connectivity index (χ2n) is 6.23. The lowest BCUT2D eigenvalue weighted by atomic mass is 10.1. The lowest BCUT2D eigenvalue weighted by molar-refractivity contribution is -0.121. The van der Waals surface area contributed by atoms with Gasteiger partial charge in [0.05, 0.1) is 24.3 Å². The molecule has 27 heavy (non-hydrogen) atoms. The summed E-state index contributed by atoms with van der Waals surface area (Å²) >= 11 is 0. The molecule has 0 aromatic heterocycles. The average Bonchev–Trinajstić information content (AvgIpc) is 2.91. The molecule has 0 saturated carbocycles. The minimum Gasteiger partial charge on any atom is -0.494 e. The zero-order valence-electron chi connectivity index (χ0n) is 15.1. The average molecular weight is 368 g/mol. The van der Waals surface area contributed by atoms with Crippen LogP contribution in [0.4, 0.5) is 11.4 Å². The Morgan fingerprint density at radius 3 is 2.56 bits per heavy atom. The van der Waals surface area contributed by atoms with Gasteiger partial charge in [0, 0.05) is 5.69 Å². The number of amides is 2. The number of carboxylic acid groups (broad SMARTS) is 1. The van der Waals surface area contributed by atoms with E-state index in [-0.39, 0.29) is 17.9 Å². The lowest BCUT2D eigenvalue weighted by Crippen LogP contribution is -2.35. The van der Waals surface area contributed by atoms with Crippen LogP contribution in [0.15, 0.2) is 42.5 Å². The van der Waals surface area contributed by atoms with Gasteiger partial charge >= 0.3 is 5.97 Å². The van der Waals surface area contributed by atoms with E-state index >= 15 is 0 Å². The van der Waals surface area contributed by atoms with Crippen LogP contribution in [0.25, 0.3) is 0 Å². The highest BCUT2D eigenvalue weighted by Gasteiger charge is 2.40. The maximum Gasteiger partial charge on any atom is 0.335 e. The maximum atomic E-state index is 12.8. The van der Waals surface area contributed by atoms with Gasteiger partial charge in [0.1, 0.15) is 11.8 Å². The number of nitrogens with zero attached hydrogens (tertiary/aromatic N) is 1. The highest BCUT2D eigenvalue weighted by Crippen LogP contribution is 2.29. The number of carbonyl (C=O) groups is 3. The van der Waals surface area contributed by atoms with Crippen LogP contribution >= 0.6 is 0 Å². The van der Waals surface area contributed by atoms with Crippen LogP contribution in [-0.4, -0.2) is 35.5 Å². The molecule has 140 valence electrons. The van der Waals surface area contributed by atoms with E-state index in [1.807, 2.05) is 6.92 Å². The van der Waals surface area contributed by atoms with Crippen LogP contribution in [0, 0.1) is 6.92 Å². The fourth-order valence-electron chi connectivity index (χ4n) is 3.00. The van der Waals surface area contributed by atoms with Gasteiger partial charge in [-0.3, -0.25) is 9.59 Å². The van der Waals surface area contributed by atoms with Crippen molar-refractivity contribution < 1.29 is 24.2 Å². The molecule has 2 aromatic rings. The molecule has 1 saturated heterocycles. The first kappa shape index (κ1) is 18.4. The van der Waals surface area contributed by atoms with Gasteiger partial charge in [0.15, 0.2) is 0 Å². The summed E-state index contributed by atoms with van der Waals surface area (Å²) in [5.74, 6) is -1.16. The highest BCUT2D eigenvalue weighted by molar-refractivity contribution is 6.23. The summed E-state index contributed by atoms with van der Waals surface area (Å²) in [7, 11) is 0. The normalized spacial score (nSPS) is 16.5. The minimum atomic E-state index is -1.11. The second-order valence-corrected chi connectivity index (χ2v) is 6.23. The van der Waals surface area contributed by atoms with Crippen molar-refractivity contribution in [2.45, 2.75) is 26.3 Å². The number of hydrogen-bond donors (Lipinski definition) is 2. The van der Waals surface area contributed by atoms with Crippen LogP contribution in [0.2, 0.25) is 0 Å². The van der Waals surface area contributed by atoms with E-state index in [0.29, 0.717) is 23.5 Å². The Balaban J connectivity index is 1.81. The summed E-state index contributed by atoms with van der Waals surface area (Å²) < 4.78 is 5.38. The fourth-order valence-corrected chi connectivity index (χ4v) is 3.00. The molecule has 1 atom stereocenters. The highest BCUT2D eigenvalue weighted by atomic mass is 16.5. The van der Waals surface area contributed by atoms with Gasteiger partial charge < -0.3 is 15.2 Å². The molecular formula is C20H20N2O5. The number of aryl methyl sites for hydroxylation is 1. The van der Waals surface area contributed by atoms with Crippen LogP contribution in [-0.2, 0) is 9.59 Å². The number of carboxylic acids is 1. The number of aromatic carboxylic acids is 1. The van der Waals surface area contributed by atoms with Crippen molar-refractivity contribution in [1.82, 2.24) is 0 Å². The van der Waals surface area contributed by atoms with Gasteiger partial charge in [0.2, 0.25) is 5.91 Å². The molecule has 2 aromatic carbocycles. The molecule has 2 N–H and O–H groups in total. The zero-order chi connectivity index (χ0) is 19.6. The number of benzene rings is 2. The minimum absolute atomic E-state index is 0.00276. The van der Waals surface area contributed by atoms with E-state index in [1.165, 1.54) is 12.1 Å². The number of imide groups is 1. The molecule has 1 fully saturated rings. The summed E-state index contributed by atoms with van der Waals surface area (Å²) in [6.45, 7) is 4.19. The third-order valence-electron chi connectivity index (χ3n) is 4.35. The molecule has 1 aliphatic heterocycles. The van der Waals surface area contributed by atoms with Crippen LogP contribution in [0.1, 0.15) is 29.3 Å². The Bertz CT molecular complexity index is 892. The van der Waals surface area contributed by atoms with Crippen LogP contribution < -0.4 is 15.0 Å². The van der Waals surface area contributed by atoms with Gasteiger partial charge in [-0.2, -0.15) is 0 Å². The van der Waals surface area contributed by atoms with Crippen molar-refractivity contribution in [3.05, 3.63) is 53.6 Å². The number of carbonyl (C=O) groups excluding carboxylic acids is 2. The molecule has 7 heteroatoms. The van der Waals surface area contributed by atoms with E-state index < -0.39 is 17.9 Å². The zero-order valence-corrected chi connectivity index (χ0v) is 15.1. The number of ether oxygens (including phenoxy) is 1. The van der Waals surface area contributed by atoms with Gasteiger partial charge in [-0.25, -0.2) is 9.69 Å². The summed E-state index contributed by atoms with van der Waals surface area (Å²) in [6.07, 6.45) is 0.00276. The number of hydrogen-bond acceptors (Lipinski definition) is 5. The molecule has 1 aliphatic rings. The Kier molecular flexibility index (Phi) is 5.12. The van der Waals surface area contributed by atoms with Crippen molar-refractivity contribution in [3.8, 4) is 5.75 Å². The van der Waals surface area contributed by atoms with Gasteiger partial charge in [-0.15, -0.1) is 0 Å². The van der Waals surface area contributed by atoms with E-state index in [9.17, 15) is 19.5 Å². The molecule has 1 heterocycles. The first-order chi connectivity index (χ1) is 12.9. The van der Waals surface area contributed by atoms with E-state index in [2.05, 4.69) is 5.32 Å². The number of rotatable bonds is 6. The van der Waals surface area contributed by atoms with Crippen molar-refractivity contribution in [2.24, 2.45) is 0 Å². The number of nitrogens with one attached hydrogen (secondary N) is 1. The smallest absolute Gasteiger partial charge is 0.335 e. The Hall–Kier alpha value is -3.35. The molecule has 2 amide bonds. The molecule has 0 spiro atoms. The summed E-state index contributed by atoms with van der Waals surface area (Å²) in [4.78, 5) is 37.5. The fraction of sp³-hybridized carbons (Fsp3) is 0.250. The van der Waals surface area contributed by atoms with Gasteiger partial charge in [0.25, 0.3) is 5.91 Å². The summed E-state index contributed by atoms with van der Waals surface area (Å²) in [5.41, 5.74) is 1.69. The number of anilines is 2. The third kappa shape index (κ3) is 3.76.